The van der Waals surface area contributed by atoms with Crippen molar-refractivity contribution in [2.75, 3.05) is 5.32 Å². The lowest BCUT2D eigenvalue weighted by molar-refractivity contribution is 0.0954. The molecule has 3 aromatic rings. The second kappa shape index (κ2) is 8.39. The Bertz CT molecular complexity index is 1030. The summed E-state index contributed by atoms with van der Waals surface area (Å²) in [6, 6.07) is 14.0. The summed E-state index contributed by atoms with van der Waals surface area (Å²) < 4.78 is 3.83. The highest BCUT2D eigenvalue weighted by Crippen LogP contribution is 2.31. The van der Waals surface area contributed by atoms with E-state index < -0.39 is 5.41 Å². The van der Waals surface area contributed by atoms with Crippen molar-refractivity contribution in [3.63, 3.8) is 0 Å². The number of halogens is 2. The van der Waals surface area contributed by atoms with E-state index in [9.17, 15) is 9.59 Å². The molecule has 28 heavy (non-hydrogen) atoms. The van der Waals surface area contributed by atoms with Gasteiger partial charge in [0.1, 0.15) is 5.00 Å². The average molecular weight is 434 g/mol. The number of carbonyl (C=O) groups excluding carboxylic acids is 2. The van der Waals surface area contributed by atoms with E-state index in [2.05, 4.69) is 14.9 Å². The quantitative estimate of drug-likeness (QED) is 0.509. The Balaban J connectivity index is 1.77. The highest BCUT2D eigenvalue weighted by atomic mass is 35.5. The number of amides is 1. The molecule has 144 valence electrons. The van der Waals surface area contributed by atoms with E-state index in [1.165, 1.54) is 0 Å². The second-order valence-electron chi connectivity index (χ2n) is 6.91. The standard InChI is InChI=1S/C20H17Cl2N3O2S/c1-20(2,13-6-4-8-15(22)10-13)11-16(26)17-19(28-25-24-17)23-18(27)12-5-3-7-14(21)9-12/h3-10H,11H2,1-2H3,(H,23,27). The van der Waals surface area contributed by atoms with Crippen LogP contribution in [0.2, 0.25) is 10.0 Å². The molecule has 1 amide bonds. The maximum atomic E-state index is 12.9. The summed E-state index contributed by atoms with van der Waals surface area (Å²) in [7, 11) is 0. The Labute approximate surface area is 176 Å². The van der Waals surface area contributed by atoms with Gasteiger partial charge in [-0.2, -0.15) is 0 Å². The summed E-state index contributed by atoms with van der Waals surface area (Å²) in [6.45, 7) is 3.92. The molecule has 1 heterocycles. The SMILES string of the molecule is CC(C)(CC(=O)c1nnsc1NC(=O)c1cccc(Cl)c1)c1cccc(Cl)c1. The van der Waals surface area contributed by atoms with Gasteiger partial charge in [-0.1, -0.05) is 59.7 Å². The zero-order chi connectivity index (χ0) is 20.3. The molecule has 5 nitrogen and oxygen atoms in total. The minimum absolute atomic E-state index is 0.149. The number of nitrogens with one attached hydrogen (secondary N) is 1. The topological polar surface area (TPSA) is 72.0 Å². The molecule has 3 rings (SSSR count). The highest BCUT2D eigenvalue weighted by Gasteiger charge is 2.28. The van der Waals surface area contributed by atoms with Crippen molar-refractivity contribution in [3.8, 4) is 0 Å². The third kappa shape index (κ3) is 4.76. The van der Waals surface area contributed by atoms with Gasteiger partial charge in [0.2, 0.25) is 0 Å². The van der Waals surface area contributed by atoms with Crippen LogP contribution < -0.4 is 5.32 Å². The predicted octanol–water partition coefficient (Wildman–Crippen LogP) is 5.65. The molecule has 0 aliphatic heterocycles. The van der Waals surface area contributed by atoms with E-state index in [0.29, 0.717) is 20.6 Å². The fourth-order valence-corrected chi connectivity index (χ4v) is 3.72. The number of benzene rings is 2. The molecule has 0 aliphatic carbocycles. The summed E-state index contributed by atoms with van der Waals surface area (Å²) in [5, 5.41) is 8.02. The number of Topliss-reactive ketones (excluding diaryl/α,β-unsaturated/α-hetero) is 1. The van der Waals surface area contributed by atoms with Gasteiger partial charge in [-0.3, -0.25) is 9.59 Å². The average Bonchev–Trinajstić information content (AvgIpc) is 3.09. The lowest BCUT2D eigenvalue weighted by atomic mass is 9.80. The summed E-state index contributed by atoms with van der Waals surface area (Å²) in [5.41, 5.74) is 1.02. The lowest BCUT2D eigenvalue weighted by Crippen LogP contribution is -2.23. The van der Waals surface area contributed by atoms with Gasteiger partial charge in [-0.05, 0) is 41.3 Å². The molecular weight excluding hydrogens is 417 g/mol. The first-order valence-corrected chi connectivity index (χ1v) is 9.98. The number of ketones is 1. The number of nitrogens with zero attached hydrogens (tertiary/aromatic N) is 2. The van der Waals surface area contributed by atoms with Crippen molar-refractivity contribution in [1.82, 2.24) is 9.59 Å². The molecular formula is C20H17Cl2N3O2S. The van der Waals surface area contributed by atoms with Crippen molar-refractivity contribution in [3.05, 3.63) is 75.4 Å². The van der Waals surface area contributed by atoms with Crippen LogP contribution in [0.4, 0.5) is 5.00 Å². The van der Waals surface area contributed by atoms with E-state index in [4.69, 9.17) is 23.2 Å². The number of hydrogen-bond donors (Lipinski definition) is 1. The number of anilines is 1. The van der Waals surface area contributed by atoms with E-state index in [-0.39, 0.29) is 23.8 Å². The molecule has 1 aromatic heterocycles. The lowest BCUT2D eigenvalue weighted by Gasteiger charge is -2.24. The molecule has 0 unspecified atom stereocenters. The van der Waals surface area contributed by atoms with Crippen molar-refractivity contribution >= 4 is 51.4 Å². The summed E-state index contributed by atoms with van der Waals surface area (Å²) in [5.74, 6) is -0.586. The Hall–Kier alpha value is -2.28. The molecule has 0 aliphatic rings. The molecule has 0 bridgehead atoms. The molecule has 0 saturated heterocycles. The minimum Gasteiger partial charge on any atom is -0.310 e. The van der Waals surface area contributed by atoms with Gasteiger partial charge < -0.3 is 5.32 Å². The molecule has 8 heteroatoms. The minimum atomic E-state index is -0.458. The van der Waals surface area contributed by atoms with E-state index >= 15 is 0 Å². The molecule has 1 N–H and O–H groups in total. The van der Waals surface area contributed by atoms with Gasteiger partial charge in [-0.25, -0.2) is 0 Å². The smallest absolute Gasteiger partial charge is 0.256 e. The molecule has 0 radical (unpaired) electrons. The normalized spacial score (nSPS) is 11.3. The fraction of sp³-hybridized carbons (Fsp3) is 0.200. The van der Waals surface area contributed by atoms with E-state index in [1.807, 2.05) is 32.0 Å². The van der Waals surface area contributed by atoms with Crippen LogP contribution in [0.25, 0.3) is 0 Å². The van der Waals surface area contributed by atoms with Crippen LogP contribution in [0.15, 0.2) is 48.5 Å². The second-order valence-corrected chi connectivity index (χ2v) is 8.54. The third-order valence-electron chi connectivity index (χ3n) is 4.27. The van der Waals surface area contributed by atoms with Crippen molar-refractivity contribution in [2.45, 2.75) is 25.7 Å². The summed E-state index contributed by atoms with van der Waals surface area (Å²) >= 11 is 13.0. The van der Waals surface area contributed by atoms with Crippen molar-refractivity contribution in [1.29, 1.82) is 0 Å². The first kappa shape index (κ1) is 20.5. The van der Waals surface area contributed by atoms with Crippen molar-refractivity contribution in [2.24, 2.45) is 0 Å². The van der Waals surface area contributed by atoms with Gasteiger partial charge in [0.05, 0.1) is 0 Å². The summed E-state index contributed by atoms with van der Waals surface area (Å²) in [4.78, 5) is 25.3. The largest absolute Gasteiger partial charge is 0.310 e. The van der Waals surface area contributed by atoms with Crippen LogP contribution in [-0.2, 0) is 5.41 Å². The molecule has 0 fully saturated rings. The molecule has 0 atom stereocenters. The number of rotatable bonds is 6. The molecule has 0 saturated carbocycles. The first-order valence-electron chi connectivity index (χ1n) is 8.45. The first-order chi connectivity index (χ1) is 13.3. The van der Waals surface area contributed by atoms with Crippen LogP contribution >= 0.6 is 34.7 Å². The Morgan fingerprint density at radius 2 is 1.75 bits per heavy atom. The monoisotopic (exact) mass is 433 g/mol. The van der Waals surface area contributed by atoms with Gasteiger partial charge in [0, 0.05) is 33.6 Å². The predicted molar refractivity (Wildman–Crippen MR) is 113 cm³/mol. The number of aromatic nitrogens is 2. The Kier molecular flexibility index (Phi) is 6.13. The van der Waals surface area contributed by atoms with Crippen LogP contribution in [0, 0.1) is 0 Å². The molecule has 0 spiro atoms. The van der Waals surface area contributed by atoms with Crippen LogP contribution in [0.3, 0.4) is 0 Å². The Morgan fingerprint density at radius 3 is 2.43 bits per heavy atom. The fourth-order valence-electron chi connectivity index (χ4n) is 2.76. The van der Waals surface area contributed by atoms with Gasteiger partial charge >= 0.3 is 0 Å². The number of carbonyl (C=O) groups is 2. The highest BCUT2D eigenvalue weighted by molar-refractivity contribution is 7.10. The summed E-state index contributed by atoms with van der Waals surface area (Å²) in [6.07, 6.45) is 0.193. The maximum Gasteiger partial charge on any atom is 0.256 e. The van der Waals surface area contributed by atoms with Crippen LogP contribution in [0.1, 0.15) is 46.7 Å². The van der Waals surface area contributed by atoms with Crippen molar-refractivity contribution < 1.29 is 9.59 Å². The zero-order valence-corrected chi connectivity index (χ0v) is 17.5. The van der Waals surface area contributed by atoms with Gasteiger partial charge in [0.15, 0.2) is 11.5 Å². The zero-order valence-electron chi connectivity index (χ0n) is 15.2. The maximum absolute atomic E-state index is 12.9. The Morgan fingerprint density at radius 1 is 1.07 bits per heavy atom. The van der Waals surface area contributed by atoms with Crippen LogP contribution in [0.5, 0.6) is 0 Å². The van der Waals surface area contributed by atoms with Gasteiger partial charge in [-0.15, -0.1) is 5.10 Å². The van der Waals surface area contributed by atoms with Gasteiger partial charge in [0.25, 0.3) is 5.91 Å². The molecule has 2 aromatic carbocycles. The number of hydrogen-bond acceptors (Lipinski definition) is 5. The van der Waals surface area contributed by atoms with E-state index in [0.717, 1.165) is 17.1 Å². The van der Waals surface area contributed by atoms with Crippen LogP contribution in [-0.4, -0.2) is 21.3 Å². The third-order valence-corrected chi connectivity index (χ3v) is 5.39. The van der Waals surface area contributed by atoms with E-state index in [1.54, 1.807) is 30.3 Å².